The van der Waals surface area contributed by atoms with Gasteiger partial charge in [-0.25, -0.2) is 14.2 Å². The SMILES string of the molecule is CN(Cc1n[n-]nc1-c1ccnc(Cl)c1F)C(=O)OC(C)(C)C.[Cd+2]. The topological polar surface area (TPSA) is 82.3 Å². The van der Waals surface area contributed by atoms with Crippen LogP contribution in [-0.4, -0.2) is 38.8 Å². The number of pyridine rings is 1. The van der Waals surface area contributed by atoms with E-state index in [0.717, 1.165) is 0 Å². The predicted molar refractivity (Wildman–Crippen MR) is 81.3 cm³/mol. The van der Waals surface area contributed by atoms with Gasteiger partial charge in [0.2, 0.25) is 0 Å². The molecule has 0 radical (unpaired) electrons. The molecule has 0 aliphatic heterocycles. The molecule has 2 heterocycles. The van der Waals surface area contributed by atoms with Crippen LogP contribution in [-0.2, 0) is 38.6 Å². The first-order valence-corrected chi connectivity index (χ1v) is 7.16. The second kappa shape index (κ2) is 8.19. The van der Waals surface area contributed by atoms with Crippen molar-refractivity contribution in [2.45, 2.75) is 32.9 Å². The van der Waals surface area contributed by atoms with Crippen molar-refractivity contribution in [2.75, 3.05) is 7.05 Å². The van der Waals surface area contributed by atoms with Crippen molar-refractivity contribution in [3.8, 4) is 11.3 Å². The van der Waals surface area contributed by atoms with Gasteiger partial charge < -0.3 is 25.0 Å². The van der Waals surface area contributed by atoms with Gasteiger partial charge in [-0.15, -0.1) is 0 Å². The average Bonchev–Trinajstić information content (AvgIpc) is 2.88. The molecule has 1 amide bonds. The number of ether oxygens (including phenoxy) is 1. The molecule has 0 unspecified atom stereocenters. The van der Waals surface area contributed by atoms with Crippen LogP contribution < -0.4 is 5.21 Å². The van der Waals surface area contributed by atoms with E-state index >= 15 is 0 Å². The molecule has 24 heavy (non-hydrogen) atoms. The smallest absolute Gasteiger partial charge is 0.492 e. The van der Waals surface area contributed by atoms with Crippen molar-refractivity contribution in [1.82, 2.24) is 25.3 Å². The number of rotatable bonds is 3. The Morgan fingerprint density at radius 3 is 2.71 bits per heavy atom. The summed E-state index contributed by atoms with van der Waals surface area (Å²) in [6, 6.07) is 1.42. The Labute approximate surface area is 164 Å². The molecule has 0 spiro atoms. The van der Waals surface area contributed by atoms with Crippen molar-refractivity contribution in [1.29, 1.82) is 0 Å². The fraction of sp³-hybridized carbons (Fsp3) is 0.429. The third kappa shape index (κ3) is 5.10. The summed E-state index contributed by atoms with van der Waals surface area (Å²) < 4.78 is 19.3. The van der Waals surface area contributed by atoms with Crippen LogP contribution in [0, 0.1) is 5.82 Å². The zero-order chi connectivity index (χ0) is 17.2. The molecule has 2 aromatic rings. The fourth-order valence-corrected chi connectivity index (χ4v) is 1.93. The van der Waals surface area contributed by atoms with E-state index in [-0.39, 0.29) is 50.3 Å². The van der Waals surface area contributed by atoms with Crippen molar-refractivity contribution in [3.63, 3.8) is 0 Å². The summed E-state index contributed by atoms with van der Waals surface area (Å²) >= 11 is 5.67. The summed E-state index contributed by atoms with van der Waals surface area (Å²) in [5.74, 6) is -0.711. The van der Waals surface area contributed by atoms with Crippen LogP contribution in [0.15, 0.2) is 12.3 Å². The summed E-state index contributed by atoms with van der Waals surface area (Å²) in [7, 11) is 1.54. The van der Waals surface area contributed by atoms with E-state index in [9.17, 15) is 9.18 Å². The molecule has 0 N–H and O–H groups in total. The number of nitrogens with zero attached hydrogens (tertiary/aromatic N) is 5. The van der Waals surface area contributed by atoms with Crippen LogP contribution in [0.5, 0.6) is 0 Å². The Morgan fingerprint density at radius 2 is 2.08 bits per heavy atom. The number of amides is 1. The third-order valence-corrected chi connectivity index (χ3v) is 3.04. The molecule has 0 fully saturated rings. The van der Waals surface area contributed by atoms with Gasteiger partial charge in [-0.05, 0) is 26.8 Å². The summed E-state index contributed by atoms with van der Waals surface area (Å²) in [6.45, 7) is 5.36. The zero-order valence-electron chi connectivity index (χ0n) is 13.9. The van der Waals surface area contributed by atoms with E-state index in [2.05, 4.69) is 20.4 Å². The molecule has 0 saturated carbocycles. The Balaban J connectivity index is 0.00000288. The molecule has 0 aliphatic rings. The molecule has 124 valence electrons. The molecule has 0 saturated heterocycles. The van der Waals surface area contributed by atoms with Crippen LogP contribution in [0.3, 0.4) is 0 Å². The largest absolute Gasteiger partial charge is 2.00 e. The van der Waals surface area contributed by atoms with E-state index in [1.54, 1.807) is 27.8 Å². The van der Waals surface area contributed by atoms with Crippen molar-refractivity contribution >= 4 is 17.7 Å². The molecule has 0 bridgehead atoms. The quantitative estimate of drug-likeness (QED) is 0.525. The fourth-order valence-electron chi connectivity index (χ4n) is 1.77. The van der Waals surface area contributed by atoms with Gasteiger partial charge in [0.15, 0.2) is 11.0 Å². The molecule has 0 atom stereocenters. The van der Waals surface area contributed by atoms with Crippen molar-refractivity contribution < 1.29 is 41.2 Å². The number of halogens is 2. The first-order valence-electron chi connectivity index (χ1n) is 6.78. The van der Waals surface area contributed by atoms with Gasteiger partial charge in [-0.2, -0.15) is 0 Å². The van der Waals surface area contributed by atoms with Crippen LogP contribution in [0.2, 0.25) is 5.15 Å². The van der Waals surface area contributed by atoms with Gasteiger partial charge in [0.25, 0.3) is 0 Å². The van der Waals surface area contributed by atoms with Gasteiger partial charge in [0.1, 0.15) is 5.60 Å². The molecule has 0 aromatic carbocycles. The summed E-state index contributed by atoms with van der Waals surface area (Å²) in [5.41, 5.74) is 0.0545. The first kappa shape index (κ1) is 20.7. The minimum atomic E-state index is -0.711. The average molecular weight is 453 g/mol. The number of aromatic nitrogens is 4. The maximum Gasteiger partial charge on any atom is 2.00 e. The monoisotopic (exact) mass is 454 g/mol. The molecule has 2 rings (SSSR count). The maximum absolute atomic E-state index is 14.1. The number of hydrogen-bond acceptors (Lipinski definition) is 5. The minimum absolute atomic E-state index is 0. The summed E-state index contributed by atoms with van der Waals surface area (Å²) in [4.78, 5) is 16.9. The van der Waals surface area contributed by atoms with Crippen molar-refractivity contribution in [2.24, 2.45) is 0 Å². The Morgan fingerprint density at radius 1 is 1.42 bits per heavy atom. The minimum Gasteiger partial charge on any atom is -0.492 e. The number of carbonyl (C=O) groups excluding carboxylic acids is 1. The van der Waals surface area contributed by atoms with Gasteiger partial charge >= 0.3 is 33.4 Å². The second-order valence-electron chi connectivity index (χ2n) is 5.88. The molecular formula is C14H16CdClFN5O2+. The molecule has 0 aliphatic carbocycles. The zero-order valence-corrected chi connectivity index (χ0v) is 18.7. The standard InChI is InChI=1S/C14H16ClFN5O2.Cd/c1-14(2,3)23-13(22)21(4)7-9-11(19-20-18-9)8-5-6-17-12(15)10(8)16;/h5-6H,7H2,1-4H3;/q-1;+2. The molecule has 7 nitrogen and oxygen atoms in total. The summed E-state index contributed by atoms with van der Waals surface area (Å²) in [6.07, 6.45) is 0.830. The Hall–Kier alpha value is -1.30. The van der Waals surface area contributed by atoms with Crippen LogP contribution in [0.4, 0.5) is 9.18 Å². The van der Waals surface area contributed by atoms with Gasteiger partial charge in [-0.3, -0.25) is 0 Å². The van der Waals surface area contributed by atoms with E-state index in [0.29, 0.717) is 5.69 Å². The Bertz CT molecular complexity index is 719. The first-order chi connectivity index (χ1) is 10.7. The predicted octanol–water partition coefficient (Wildman–Crippen LogP) is 2.65. The van der Waals surface area contributed by atoms with Gasteiger partial charge in [0, 0.05) is 18.8 Å². The summed E-state index contributed by atoms with van der Waals surface area (Å²) in [5, 5.41) is 10.9. The van der Waals surface area contributed by atoms with Crippen LogP contribution in [0.1, 0.15) is 26.5 Å². The van der Waals surface area contributed by atoms with Gasteiger partial charge in [-0.1, -0.05) is 11.6 Å². The van der Waals surface area contributed by atoms with E-state index in [1.165, 1.54) is 17.2 Å². The second-order valence-corrected chi connectivity index (χ2v) is 6.24. The van der Waals surface area contributed by atoms with Crippen LogP contribution >= 0.6 is 11.6 Å². The van der Waals surface area contributed by atoms with Crippen molar-refractivity contribution in [3.05, 3.63) is 28.9 Å². The molecule has 2 aromatic heterocycles. The third-order valence-electron chi connectivity index (χ3n) is 2.78. The normalized spacial score (nSPS) is 10.9. The van der Waals surface area contributed by atoms with E-state index in [1.807, 2.05) is 0 Å². The van der Waals surface area contributed by atoms with Gasteiger partial charge in [0.05, 0.1) is 17.9 Å². The molecular weight excluding hydrogens is 437 g/mol. The maximum atomic E-state index is 14.1. The number of hydrogen-bond donors (Lipinski definition) is 0. The molecule has 10 heteroatoms. The van der Waals surface area contributed by atoms with Crippen LogP contribution in [0.25, 0.3) is 11.3 Å². The number of carbonyl (C=O) groups is 1. The van der Waals surface area contributed by atoms with E-state index < -0.39 is 17.5 Å². The Kier molecular flexibility index (Phi) is 7.08. The van der Waals surface area contributed by atoms with E-state index in [4.69, 9.17) is 16.3 Å².